The Morgan fingerprint density at radius 2 is 1.54 bits per heavy atom. The van der Waals surface area contributed by atoms with E-state index in [1.54, 1.807) is 17.7 Å². The Labute approximate surface area is 271 Å². The van der Waals surface area contributed by atoms with Gasteiger partial charge in [-0.05, 0) is 61.8 Å². The molecule has 10 nitrogen and oxygen atoms in total. The number of pyridine rings is 1. The van der Waals surface area contributed by atoms with Crippen LogP contribution in [-0.2, 0) is 14.8 Å². The van der Waals surface area contributed by atoms with Crippen molar-refractivity contribution in [1.82, 2.24) is 9.30 Å². The predicted molar refractivity (Wildman–Crippen MR) is 181 cm³/mol. The number of rotatable bonds is 18. The van der Waals surface area contributed by atoms with Crippen LogP contribution in [0, 0.1) is 0 Å². The van der Waals surface area contributed by atoms with Gasteiger partial charge in [-0.1, -0.05) is 63.1 Å². The lowest BCUT2D eigenvalue weighted by Crippen LogP contribution is -2.41. The van der Waals surface area contributed by atoms with Gasteiger partial charge in [-0.2, -0.15) is 0 Å². The second-order valence-corrected chi connectivity index (χ2v) is 13.1. The average molecular weight is 650 g/mol. The molecule has 46 heavy (non-hydrogen) atoms. The maximum absolute atomic E-state index is 14.3. The number of fused-ring (bicyclic) bond motifs is 1. The number of aromatic nitrogens is 1. The molecule has 246 valence electrons. The zero-order valence-corrected chi connectivity index (χ0v) is 27.8. The number of benzene rings is 2. The van der Waals surface area contributed by atoms with E-state index in [9.17, 15) is 23.1 Å². The van der Waals surface area contributed by atoms with Crippen LogP contribution in [0.3, 0.4) is 0 Å². The minimum absolute atomic E-state index is 0.0518. The molecule has 0 unspecified atom stereocenters. The Hall–Kier alpha value is -4.35. The normalized spacial score (nSPS) is 11.6. The molecule has 4 aromatic rings. The van der Waals surface area contributed by atoms with E-state index in [2.05, 4.69) is 18.7 Å². The van der Waals surface area contributed by atoms with Crippen LogP contribution < -0.4 is 13.8 Å². The van der Waals surface area contributed by atoms with E-state index in [0.717, 1.165) is 48.6 Å². The first-order chi connectivity index (χ1) is 22.2. The Kier molecular flexibility index (Phi) is 11.8. The van der Waals surface area contributed by atoms with Crippen molar-refractivity contribution in [1.29, 1.82) is 0 Å². The van der Waals surface area contributed by atoms with E-state index in [0.29, 0.717) is 22.5 Å². The summed E-state index contributed by atoms with van der Waals surface area (Å²) in [6.45, 7) is 5.21. The van der Waals surface area contributed by atoms with E-state index in [1.165, 1.54) is 25.3 Å². The van der Waals surface area contributed by atoms with Gasteiger partial charge in [0.25, 0.3) is 0 Å². The van der Waals surface area contributed by atoms with Crippen molar-refractivity contribution in [2.24, 2.45) is 0 Å². The molecular weight excluding hydrogens is 606 g/mol. The number of carbonyl (C=O) groups is 2. The van der Waals surface area contributed by atoms with Crippen LogP contribution in [0.5, 0.6) is 11.5 Å². The Balaban J connectivity index is 1.75. The molecule has 0 radical (unpaired) electrons. The Morgan fingerprint density at radius 1 is 0.870 bits per heavy atom. The van der Waals surface area contributed by atoms with Crippen LogP contribution in [0.1, 0.15) is 55.6 Å². The number of sulfonamides is 1. The SMILES string of the molecule is CCCCN(CCCC)CCS(=O)(=O)N(CC(=O)O)c1ccc(C(=O)c2c(-c3ccccc3)c(OC)c3ccccn23)cc1OC. The number of carbonyl (C=O) groups excluding carboxylic acids is 1. The molecule has 2 aromatic carbocycles. The van der Waals surface area contributed by atoms with Gasteiger partial charge in [0, 0.05) is 18.3 Å². The lowest BCUT2D eigenvalue weighted by molar-refractivity contribution is -0.135. The van der Waals surface area contributed by atoms with Gasteiger partial charge in [0.1, 0.15) is 18.0 Å². The van der Waals surface area contributed by atoms with Gasteiger partial charge in [0.15, 0.2) is 5.75 Å². The molecule has 0 spiro atoms. The number of aliphatic carboxylic acids is 1. The van der Waals surface area contributed by atoms with Crippen LogP contribution >= 0.6 is 0 Å². The first-order valence-corrected chi connectivity index (χ1v) is 17.2. The highest BCUT2D eigenvalue weighted by molar-refractivity contribution is 7.92. The molecule has 0 atom stereocenters. The van der Waals surface area contributed by atoms with E-state index in [-0.39, 0.29) is 35.1 Å². The molecule has 2 aromatic heterocycles. The van der Waals surface area contributed by atoms with Crippen LogP contribution in [0.15, 0.2) is 72.9 Å². The molecule has 0 fully saturated rings. The quantitative estimate of drug-likeness (QED) is 0.131. The highest BCUT2D eigenvalue weighted by atomic mass is 32.2. The minimum atomic E-state index is -4.08. The van der Waals surface area contributed by atoms with Gasteiger partial charge in [-0.15, -0.1) is 0 Å². The number of hydrogen-bond acceptors (Lipinski definition) is 7. The van der Waals surface area contributed by atoms with Crippen molar-refractivity contribution >= 4 is 33.0 Å². The summed E-state index contributed by atoms with van der Waals surface area (Å²) in [6.07, 6.45) is 5.65. The first-order valence-electron chi connectivity index (χ1n) is 15.6. The zero-order chi connectivity index (χ0) is 33.3. The van der Waals surface area contributed by atoms with Gasteiger partial charge < -0.3 is 23.9 Å². The van der Waals surface area contributed by atoms with Crippen LogP contribution in [0.25, 0.3) is 16.6 Å². The van der Waals surface area contributed by atoms with Gasteiger partial charge in [-0.25, -0.2) is 8.42 Å². The maximum atomic E-state index is 14.3. The molecule has 2 heterocycles. The fourth-order valence-electron chi connectivity index (χ4n) is 5.55. The second-order valence-electron chi connectivity index (χ2n) is 11.1. The van der Waals surface area contributed by atoms with Gasteiger partial charge in [-0.3, -0.25) is 13.9 Å². The van der Waals surface area contributed by atoms with E-state index in [4.69, 9.17) is 9.47 Å². The zero-order valence-electron chi connectivity index (χ0n) is 26.9. The highest BCUT2D eigenvalue weighted by Gasteiger charge is 2.30. The second kappa shape index (κ2) is 15.8. The molecule has 0 aliphatic heterocycles. The van der Waals surface area contributed by atoms with Crippen LogP contribution in [0.4, 0.5) is 5.69 Å². The van der Waals surface area contributed by atoms with Gasteiger partial charge in [0.2, 0.25) is 15.8 Å². The number of unbranched alkanes of at least 4 members (excludes halogenated alkanes) is 2. The molecule has 0 aliphatic rings. The topological polar surface area (TPSA) is 118 Å². The highest BCUT2D eigenvalue weighted by Crippen LogP contribution is 2.41. The number of anilines is 1. The minimum Gasteiger partial charge on any atom is -0.495 e. The van der Waals surface area contributed by atoms with E-state index < -0.39 is 22.5 Å². The third-order valence-corrected chi connectivity index (χ3v) is 9.62. The number of hydrogen-bond donors (Lipinski definition) is 1. The van der Waals surface area contributed by atoms with Gasteiger partial charge >= 0.3 is 5.97 Å². The molecule has 0 saturated heterocycles. The molecule has 0 saturated carbocycles. The van der Waals surface area contributed by atoms with Crippen molar-refractivity contribution in [3.8, 4) is 22.6 Å². The molecule has 1 N–H and O–H groups in total. The summed E-state index contributed by atoms with van der Waals surface area (Å²) in [5.41, 5.74) is 2.77. The van der Waals surface area contributed by atoms with Crippen molar-refractivity contribution < 1.29 is 32.6 Å². The lowest BCUT2D eigenvalue weighted by Gasteiger charge is -2.27. The molecule has 0 aliphatic carbocycles. The average Bonchev–Trinajstić information content (AvgIpc) is 3.41. The lowest BCUT2D eigenvalue weighted by atomic mass is 9.99. The number of carboxylic acid groups (broad SMARTS) is 1. The number of nitrogens with zero attached hydrogens (tertiary/aromatic N) is 3. The third-order valence-electron chi connectivity index (χ3n) is 7.93. The molecule has 0 bridgehead atoms. The van der Waals surface area contributed by atoms with Crippen molar-refractivity contribution in [3.63, 3.8) is 0 Å². The van der Waals surface area contributed by atoms with Crippen molar-refractivity contribution in [3.05, 3.63) is 84.2 Å². The molecule has 4 rings (SSSR count). The van der Waals surface area contributed by atoms with Crippen LogP contribution in [0.2, 0.25) is 0 Å². The summed E-state index contributed by atoms with van der Waals surface area (Å²) in [5, 5.41) is 9.71. The largest absolute Gasteiger partial charge is 0.495 e. The third kappa shape index (κ3) is 7.71. The first kappa shape index (κ1) is 34.5. The Bertz CT molecular complexity index is 1740. The predicted octanol–water partition coefficient (Wildman–Crippen LogP) is 5.98. The number of ether oxygens (including phenoxy) is 2. The summed E-state index contributed by atoms with van der Waals surface area (Å²) in [4.78, 5) is 28.3. The van der Waals surface area contributed by atoms with Crippen molar-refractivity contribution in [2.45, 2.75) is 39.5 Å². The summed E-state index contributed by atoms with van der Waals surface area (Å²) >= 11 is 0. The summed E-state index contributed by atoms with van der Waals surface area (Å²) in [6, 6.07) is 19.4. The van der Waals surface area contributed by atoms with E-state index >= 15 is 0 Å². The molecule has 11 heteroatoms. The maximum Gasteiger partial charge on any atom is 0.324 e. The smallest absolute Gasteiger partial charge is 0.324 e. The fraction of sp³-hybridized carbons (Fsp3) is 0.371. The summed E-state index contributed by atoms with van der Waals surface area (Å²) in [5.74, 6) is -1.29. The van der Waals surface area contributed by atoms with Gasteiger partial charge in [0.05, 0.1) is 36.7 Å². The molecule has 0 amide bonds. The number of carboxylic acids is 1. The Morgan fingerprint density at radius 3 is 2.15 bits per heavy atom. The number of ketones is 1. The monoisotopic (exact) mass is 649 g/mol. The summed E-state index contributed by atoms with van der Waals surface area (Å²) < 4.78 is 41.5. The summed E-state index contributed by atoms with van der Waals surface area (Å²) in [7, 11) is -1.16. The molecular formula is C35H43N3O7S. The van der Waals surface area contributed by atoms with E-state index in [1.807, 2.05) is 48.5 Å². The standard InChI is InChI=1S/C35H43N3O7S/c1-5-7-19-36(20-8-6-2)22-23-46(42,43)38(25-31(39)40)28-18-17-27(24-30(28)44-3)34(41)33-32(26-14-10-9-11-15-26)35(45-4)29-16-12-13-21-37(29)33/h9-18,21,24H,5-8,19-20,22-23,25H2,1-4H3,(H,39,40). The van der Waals surface area contributed by atoms with Crippen molar-refractivity contribution in [2.75, 3.05) is 50.5 Å². The fourth-order valence-corrected chi connectivity index (χ4v) is 7.02. The van der Waals surface area contributed by atoms with Crippen LogP contribution in [-0.4, -0.2) is 80.7 Å². The number of methoxy groups -OCH3 is 2.